The minimum absolute atomic E-state index is 0. The summed E-state index contributed by atoms with van der Waals surface area (Å²) < 4.78 is 0. The maximum Gasteiger partial charge on any atom is 0.335 e. The average molecular weight is 228 g/mol. The Labute approximate surface area is 94.7 Å². The van der Waals surface area contributed by atoms with E-state index in [2.05, 4.69) is 0 Å². The Hall–Kier alpha value is -1.06. The van der Waals surface area contributed by atoms with Gasteiger partial charge in [-0.2, -0.15) is 0 Å². The van der Waals surface area contributed by atoms with Crippen molar-refractivity contribution in [1.29, 1.82) is 0 Å². The lowest BCUT2D eigenvalue weighted by Gasteiger charge is -2.23. The molecule has 15 heavy (non-hydrogen) atoms. The number of hydrogen-bond donors (Lipinski definition) is 2. The molecule has 0 unspecified atom stereocenters. The first-order valence-corrected chi connectivity index (χ1v) is 4.81. The Morgan fingerprint density at radius 2 is 2.20 bits per heavy atom. The largest absolute Gasteiger partial charge is 0.478 e. The van der Waals surface area contributed by atoms with E-state index < -0.39 is 5.97 Å². The van der Waals surface area contributed by atoms with E-state index in [1.54, 1.807) is 12.1 Å². The summed E-state index contributed by atoms with van der Waals surface area (Å²) in [6.45, 7) is 0. The molecule has 0 fully saturated rings. The summed E-state index contributed by atoms with van der Waals surface area (Å²) in [6.07, 6.45) is 2.78. The second-order valence-corrected chi connectivity index (χ2v) is 3.68. The Morgan fingerprint density at radius 1 is 1.47 bits per heavy atom. The zero-order chi connectivity index (χ0) is 10.1. The van der Waals surface area contributed by atoms with Crippen LogP contribution in [0.2, 0.25) is 0 Å². The van der Waals surface area contributed by atoms with Gasteiger partial charge >= 0.3 is 5.97 Å². The van der Waals surface area contributed by atoms with Crippen LogP contribution in [-0.2, 0) is 6.42 Å². The molecule has 0 bridgehead atoms. The van der Waals surface area contributed by atoms with Gasteiger partial charge in [-0.05, 0) is 36.5 Å². The monoisotopic (exact) mass is 227 g/mol. The molecular formula is C11H14ClNO2. The van der Waals surface area contributed by atoms with Crippen molar-refractivity contribution in [3.05, 3.63) is 34.9 Å². The standard InChI is InChI=1S/C11H13NO2.ClH/c12-10-6-2-3-7-8(10)4-1-5-9(7)11(13)14;/h1,4-5,10H,2-3,6,12H2,(H,13,14);1H/t10-;/m0./s1. The third-order valence-electron chi connectivity index (χ3n) is 2.78. The predicted molar refractivity (Wildman–Crippen MR) is 60.5 cm³/mol. The molecular weight excluding hydrogens is 214 g/mol. The van der Waals surface area contributed by atoms with Crippen molar-refractivity contribution in [3.8, 4) is 0 Å². The van der Waals surface area contributed by atoms with Crippen molar-refractivity contribution in [2.24, 2.45) is 5.73 Å². The molecule has 0 saturated carbocycles. The van der Waals surface area contributed by atoms with Gasteiger partial charge in [-0.1, -0.05) is 12.1 Å². The Kier molecular flexibility index (Phi) is 3.72. The average Bonchev–Trinajstić information content (AvgIpc) is 2.17. The predicted octanol–water partition coefficient (Wildman–Crippen LogP) is 2.14. The molecule has 4 heteroatoms. The normalized spacial score (nSPS) is 18.9. The van der Waals surface area contributed by atoms with Crippen LogP contribution in [-0.4, -0.2) is 11.1 Å². The van der Waals surface area contributed by atoms with Gasteiger partial charge in [-0.15, -0.1) is 12.4 Å². The first-order chi connectivity index (χ1) is 6.70. The highest BCUT2D eigenvalue weighted by Gasteiger charge is 2.21. The second-order valence-electron chi connectivity index (χ2n) is 3.68. The second kappa shape index (κ2) is 4.64. The van der Waals surface area contributed by atoms with Gasteiger partial charge in [0.05, 0.1) is 5.56 Å². The van der Waals surface area contributed by atoms with Crippen LogP contribution in [0.5, 0.6) is 0 Å². The van der Waals surface area contributed by atoms with Gasteiger partial charge in [0, 0.05) is 6.04 Å². The number of carboxylic acid groups (broad SMARTS) is 1. The zero-order valence-electron chi connectivity index (χ0n) is 8.27. The first kappa shape index (κ1) is 12.0. The van der Waals surface area contributed by atoms with E-state index in [1.165, 1.54) is 0 Å². The summed E-state index contributed by atoms with van der Waals surface area (Å²) in [6, 6.07) is 5.37. The van der Waals surface area contributed by atoms with Crippen LogP contribution in [0.1, 0.15) is 40.4 Å². The van der Waals surface area contributed by atoms with Crippen molar-refractivity contribution in [2.45, 2.75) is 25.3 Å². The topological polar surface area (TPSA) is 63.3 Å². The maximum absolute atomic E-state index is 10.9. The lowest BCUT2D eigenvalue weighted by molar-refractivity contribution is 0.0695. The molecule has 1 atom stereocenters. The van der Waals surface area contributed by atoms with Crippen LogP contribution in [0.15, 0.2) is 18.2 Å². The molecule has 0 aromatic heterocycles. The van der Waals surface area contributed by atoms with Crippen LogP contribution in [0.25, 0.3) is 0 Å². The molecule has 0 radical (unpaired) electrons. The number of aromatic carboxylic acids is 1. The Balaban J connectivity index is 0.00000112. The Bertz CT molecular complexity index is 379. The molecule has 1 aliphatic carbocycles. The van der Waals surface area contributed by atoms with Gasteiger partial charge in [0.2, 0.25) is 0 Å². The van der Waals surface area contributed by atoms with Gasteiger partial charge < -0.3 is 10.8 Å². The fourth-order valence-corrected chi connectivity index (χ4v) is 2.09. The quantitative estimate of drug-likeness (QED) is 0.773. The Morgan fingerprint density at radius 3 is 2.87 bits per heavy atom. The van der Waals surface area contributed by atoms with Crippen LogP contribution in [0.3, 0.4) is 0 Å². The summed E-state index contributed by atoms with van der Waals surface area (Å²) in [5.41, 5.74) is 8.28. The molecule has 82 valence electrons. The molecule has 1 aromatic rings. The molecule has 3 nitrogen and oxygen atoms in total. The maximum atomic E-state index is 10.9. The summed E-state index contributed by atoms with van der Waals surface area (Å²) in [4.78, 5) is 10.9. The molecule has 1 aromatic carbocycles. The number of hydrogen-bond acceptors (Lipinski definition) is 2. The highest BCUT2D eigenvalue weighted by molar-refractivity contribution is 5.90. The molecule has 0 amide bonds. The van der Waals surface area contributed by atoms with E-state index in [4.69, 9.17) is 10.8 Å². The van der Waals surface area contributed by atoms with Gasteiger partial charge in [0.15, 0.2) is 0 Å². The number of halogens is 1. The van der Waals surface area contributed by atoms with Crippen molar-refractivity contribution in [2.75, 3.05) is 0 Å². The first-order valence-electron chi connectivity index (χ1n) is 4.81. The van der Waals surface area contributed by atoms with Gasteiger partial charge in [-0.3, -0.25) is 0 Å². The number of carboxylic acids is 1. The number of benzene rings is 1. The van der Waals surface area contributed by atoms with Crippen molar-refractivity contribution in [3.63, 3.8) is 0 Å². The number of nitrogens with two attached hydrogens (primary N) is 1. The van der Waals surface area contributed by atoms with Crippen LogP contribution in [0, 0.1) is 0 Å². The highest BCUT2D eigenvalue weighted by atomic mass is 35.5. The van der Waals surface area contributed by atoms with E-state index in [0.29, 0.717) is 5.56 Å². The van der Waals surface area contributed by atoms with Crippen LogP contribution >= 0.6 is 12.4 Å². The fraction of sp³-hybridized carbons (Fsp3) is 0.364. The van der Waals surface area contributed by atoms with E-state index >= 15 is 0 Å². The van der Waals surface area contributed by atoms with Crippen molar-refractivity contribution < 1.29 is 9.90 Å². The molecule has 2 rings (SSSR count). The minimum Gasteiger partial charge on any atom is -0.478 e. The van der Waals surface area contributed by atoms with E-state index in [1.807, 2.05) is 6.07 Å². The molecule has 0 spiro atoms. The number of rotatable bonds is 1. The van der Waals surface area contributed by atoms with E-state index in [-0.39, 0.29) is 18.4 Å². The summed E-state index contributed by atoms with van der Waals surface area (Å²) >= 11 is 0. The third-order valence-corrected chi connectivity index (χ3v) is 2.78. The zero-order valence-corrected chi connectivity index (χ0v) is 9.09. The summed E-state index contributed by atoms with van der Waals surface area (Å²) in [7, 11) is 0. The fourth-order valence-electron chi connectivity index (χ4n) is 2.09. The molecule has 0 heterocycles. The smallest absolute Gasteiger partial charge is 0.335 e. The van der Waals surface area contributed by atoms with Crippen molar-refractivity contribution >= 4 is 18.4 Å². The van der Waals surface area contributed by atoms with E-state index in [9.17, 15) is 4.79 Å². The van der Waals surface area contributed by atoms with Crippen LogP contribution < -0.4 is 5.73 Å². The van der Waals surface area contributed by atoms with Crippen molar-refractivity contribution in [1.82, 2.24) is 0 Å². The molecule has 0 aliphatic heterocycles. The molecule has 3 N–H and O–H groups in total. The van der Waals surface area contributed by atoms with E-state index in [0.717, 1.165) is 30.4 Å². The number of fused-ring (bicyclic) bond motifs is 1. The third kappa shape index (κ3) is 2.13. The summed E-state index contributed by atoms with van der Waals surface area (Å²) in [5, 5.41) is 8.99. The van der Waals surface area contributed by atoms with Crippen LogP contribution in [0.4, 0.5) is 0 Å². The van der Waals surface area contributed by atoms with Gasteiger partial charge in [-0.25, -0.2) is 4.79 Å². The van der Waals surface area contributed by atoms with Gasteiger partial charge in [0.25, 0.3) is 0 Å². The molecule has 1 aliphatic rings. The molecule has 0 saturated heterocycles. The van der Waals surface area contributed by atoms with Gasteiger partial charge in [0.1, 0.15) is 0 Å². The summed E-state index contributed by atoms with van der Waals surface area (Å²) in [5.74, 6) is -0.851. The SMILES string of the molecule is Cl.N[C@H]1CCCc2c(C(=O)O)cccc21. The lowest BCUT2D eigenvalue weighted by atomic mass is 9.85. The minimum atomic E-state index is -0.851. The lowest BCUT2D eigenvalue weighted by Crippen LogP contribution is -2.19. The number of carbonyl (C=O) groups is 1. The highest BCUT2D eigenvalue weighted by Crippen LogP contribution is 2.29.